The topological polar surface area (TPSA) is 46.0 Å². The van der Waals surface area contributed by atoms with Crippen LogP contribution in [0.4, 0.5) is 4.39 Å². The fourth-order valence-electron chi connectivity index (χ4n) is 4.66. The Morgan fingerprint density at radius 3 is 2.36 bits per heavy atom. The van der Waals surface area contributed by atoms with Gasteiger partial charge in [0.25, 0.3) is 0 Å². The Morgan fingerprint density at radius 1 is 0.970 bits per heavy atom. The third kappa shape index (κ3) is 4.00. The summed E-state index contributed by atoms with van der Waals surface area (Å²) in [4.78, 5) is 11.3. The minimum Gasteiger partial charge on any atom is -0.352 e. The summed E-state index contributed by atoms with van der Waals surface area (Å²) in [6, 6.07) is 20.4. The smallest absolute Gasteiger partial charge is 0.170 e. The molecule has 0 bridgehead atoms. The van der Waals surface area contributed by atoms with Crippen molar-refractivity contribution in [1.82, 2.24) is 24.8 Å². The van der Waals surface area contributed by atoms with Crippen molar-refractivity contribution in [2.75, 3.05) is 0 Å². The third-order valence-corrected chi connectivity index (χ3v) is 6.48. The minimum atomic E-state index is -0.247. The molecule has 5 nitrogen and oxygen atoms in total. The molecule has 4 aromatic rings. The van der Waals surface area contributed by atoms with E-state index in [4.69, 9.17) is 12.2 Å². The van der Waals surface area contributed by atoms with E-state index in [1.54, 1.807) is 24.5 Å². The van der Waals surface area contributed by atoms with Gasteiger partial charge in [0.05, 0.1) is 30.0 Å². The van der Waals surface area contributed by atoms with Gasteiger partial charge in [-0.15, -0.1) is 0 Å². The second-order valence-corrected chi connectivity index (χ2v) is 8.60. The van der Waals surface area contributed by atoms with Crippen LogP contribution in [0, 0.1) is 19.7 Å². The van der Waals surface area contributed by atoms with E-state index in [1.807, 2.05) is 36.4 Å². The highest BCUT2D eigenvalue weighted by Crippen LogP contribution is 2.42. The van der Waals surface area contributed by atoms with Crippen LogP contribution in [0.3, 0.4) is 0 Å². The predicted octanol–water partition coefficient (Wildman–Crippen LogP) is 5.20. The van der Waals surface area contributed by atoms with Crippen molar-refractivity contribution in [3.8, 4) is 5.69 Å². The molecule has 0 spiro atoms. The quantitative estimate of drug-likeness (QED) is 0.418. The molecule has 0 saturated carbocycles. The van der Waals surface area contributed by atoms with Gasteiger partial charge in [-0.2, -0.15) is 0 Å². The van der Waals surface area contributed by atoms with Crippen molar-refractivity contribution in [2.24, 2.45) is 0 Å². The number of pyridine rings is 2. The van der Waals surface area contributed by atoms with Gasteiger partial charge in [-0.1, -0.05) is 12.1 Å². The van der Waals surface area contributed by atoms with Crippen LogP contribution in [0.5, 0.6) is 0 Å². The highest BCUT2D eigenvalue weighted by molar-refractivity contribution is 7.80. The number of benzene rings is 1. The number of hydrogen-bond acceptors (Lipinski definition) is 3. The molecule has 33 heavy (non-hydrogen) atoms. The Labute approximate surface area is 197 Å². The maximum Gasteiger partial charge on any atom is 0.170 e. The lowest BCUT2D eigenvalue weighted by Gasteiger charge is -2.28. The first-order chi connectivity index (χ1) is 16.0. The summed E-state index contributed by atoms with van der Waals surface area (Å²) >= 11 is 5.80. The molecule has 2 unspecified atom stereocenters. The Kier molecular flexibility index (Phi) is 5.64. The predicted molar refractivity (Wildman–Crippen MR) is 130 cm³/mol. The van der Waals surface area contributed by atoms with E-state index in [9.17, 15) is 4.39 Å². The summed E-state index contributed by atoms with van der Waals surface area (Å²) in [6.45, 7) is 4.75. The van der Waals surface area contributed by atoms with Crippen LogP contribution in [0.15, 0.2) is 79.1 Å². The van der Waals surface area contributed by atoms with Gasteiger partial charge in [-0.3, -0.25) is 9.97 Å². The van der Waals surface area contributed by atoms with E-state index in [-0.39, 0.29) is 17.9 Å². The Hall–Kier alpha value is -3.58. The summed E-state index contributed by atoms with van der Waals surface area (Å²) in [5, 5.41) is 4.17. The fraction of sp³-hybridized carbons (Fsp3) is 0.192. The maximum atomic E-state index is 13.5. The van der Waals surface area contributed by atoms with E-state index < -0.39 is 0 Å². The molecule has 4 heterocycles. The number of nitrogens with zero attached hydrogens (tertiary/aromatic N) is 4. The molecule has 7 heteroatoms. The second-order valence-electron chi connectivity index (χ2n) is 8.21. The molecule has 1 aliphatic heterocycles. The average molecular weight is 458 g/mol. The molecule has 166 valence electrons. The van der Waals surface area contributed by atoms with E-state index in [2.05, 4.69) is 44.7 Å². The molecule has 0 aliphatic carbocycles. The maximum absolute atomic E-state index is 13.5. The number of hydrogen-bond donors (Lipinski definition) is 1. The number of thiocarbonyl (C=S) groups is 1. The molecule has 3 aromatic heterocycles. The molecule has 1 saturated heterocycles. The van der Waals surface area contributed by atoms with Gasteiger partial charge in [0, 0.05) is 29.5 Å². The first-order valence-electron chi connectivity index (χ1n) is 10.9. The molecule has 0 amide bonds. The lowest BCUT2D eigenvalue weighted by atomic mass is 9.96. The van der Waals surface area contributed by atoms with Gasteiger partial charge < -0.3 is 14.8 Å². The number of aromatic nitrogens is 3. The van der Waals surface area contributed by atoms with Gasteiger partial charge >= 0.3 is 0 Å². The number of halogens is 1. The van der Waals surface area contributed by atoms with Crippen molar-refractivity contribution in [2.45, 2.75) is 32.5 Å². The Morgan fingerprint density at radius 2 is 1.70 bits per heavy atom. The molecule has 1 N–H and O–H groups in total. The normalized spacial score (nSPS) is 17.9. The lowest BCUT2D eigenvalue weighted by Crippen LogP contribution is -2.29. The molecule has 1 fully saturated rings. The van der Waals surface area contributed by atoms with Crippen molar-refractivity contribution >= 4 is 17.3 Å². The van der Waals surface area contributed by atoms with Crippen LogP contribution in [0.2, 0.25) is 0 Å². The zero-order valence-corrected chi connectivity index (χ0v) is 19.3. The monoisotopic (exact) mass is 457 g/mol. The SMILES string of the molecule is Cc1cc(C2C(c3ccccn3)NC(=S)N2Cc2ccccn2)c(C)n1-c1ccc(F)cc1. The molecular weight excluding hydrogens is 433 g/mol. The second kappa shape index (κ2) is 8.75. The largest absolute Gasteiger partial charge is 0.352 e. The zero-order valence-electron chi connectivity index (χ0n) is 18.4. The van der Waals surface area contributed by atoms with E-state index in [1.165, 1.54) is 12.1 Å². The molecule has 1 aromatic carbocycles. The Balaban J connectivity index is 1.61. The van der Waals surface area contributed by atoms with Gasteiger partial charge in [0.2, 0.25) is 0 Å². The Bertz CT molecular complexity index is 1270. The molecule has 2 atom stereocenters. The molecule has 5 rings (SSSR count). The lowest BCUT2D eigenvalue weighted by molar-refractivity contribution is 0.307. The zero-order chi connectivity index (χ0) is 22.9. The average Bonchev–Trinajstić information content (AvgIpc) is 3.31. The summed E-state index contributed by atoms with van der Waals surface area (Å²) in [5.74, 6) is -0.247. The summed E-state index contributed by atoms with van der Waals surface area (Å²) < 4.78 is 15.7. The van der Waals surface area contributed by atoms with Crippen molar-refractivity contribution in [3.05, 3.63) is 113 Å². The number of nitrogens with one attached hydrogen (secondary N) is 1. The van der Waals surface area contributed by atoms with Crippen molar-refractivity contribution < 1.29 is 4.39 Å². The fourth-order valence-corrected chi connectivity index (χ4v) is 4.96. The molecular formula is C26H24FN5S. The van der Waals surface area contributed by atoms with Crippen LogP contribution in [-0.2, 0) is 6.54 Å². The summed E-state index contributed by atoms with van der Waals surface area (Å²) in [6.07, 6.45) is 3.61. The highest BCUT2D eigenvalue weighted by atomic mass is 32.1. The van der Waals surface area contributed by atoms with Crippen LogP contribution in [-0.4, -0.2) is 24.5 Å². The van der Waals surface area contributed by atoms with Gasteiger partial charge in [-0.25, -0.2) is 4.39 Å². The minimum absolute atomic E-state index is 0.0743. The number of aryl methyl sites for hydroxylation is 1. The van der Waals surface area contributed by atoms with Crippen LogP contribution < -0.4 is 5.32 Å². The van der Waals surface area contributed by atoms with E-state index >= 15 is 0 Å². The van der Waals surface area contributed by atoms with Crippen LogP contribution in [0.1, 0.15) is 40.4 Å². The van der Waals surface area contributed by atoms with Crippen molar-refractivity contribution in [3.63, 3.8) is 0 Å². The van der Waals surface area contributed by atoms with Gasteiger partial charge in [0.15, 0.2) is 5.11 Å². The molecule has 1 aliphatic rings. The summed E-state index contributed by atoms with van der Waals surface area (Å²) in [7, 11) is 0. The van der Waals surface area contributed by atoms with Crippen LogP contribution in [0.25, 0.3) is 5.69 Å². The first kappa shape index (κ1) is 21.3. The first-order valence-corrected chi connectivity index (χ1v) is 11.3. The summed E-state index contributed by atoms with van der Waals surface area (Å²) in [5.41, 5.74) is 6.11. The van der Waals surface area contributed by atoms with Gasteiger partial charge in [-0.05, 0) is 86.2 Å². The third-order valence-electron chi connectivity index (χ3n) is 6.13. The van der Waals surface area contributed by atoms with E-state index in [0.29, 0.717) is 11.7 Å². The van der Waals surface area contributed by atoms with Crippen LogP contribution >= 0.6 is 12.2 Å². The number of rotatable bonds is 5. The highest BCUT2D eigenvalue weighted by Gasteiger charge is 2.41. The van der Waals surface area contributed by atoms with Gasteiger partial charge in [0.1, 0.15) is 5.82 Å². The van der Waals surface area contributed by atoms with Crippen molar-refractivity contribution in [1.29, 1.82) is 0 Å². The standard InChI is InChI=1S/C26H24FN5S/c1-17-15-22(18(2)32(17)21-11-9-19(27)10-12-21)25-24(23-8-4-6-14-29-23)30-26(33)31(25)16-20-7-3-5-13-28-20/h3-15,24-25H,16H2,1-2H3,(H,30,33). The molecule has 0 radical (unpaired) electrons. The van der Waals surface area contributed by atoms with E-state index in [0.717, 1.165) is 34.0 Å².